The van der Waals surface area contributed by atoms with Crippen LogP contribution in [0.15, 0.2) is 10.9 Å². The van der Waals surface area contributed by atoms with Crippen LogP contribution in [0.1, 0.15) is 10.5 Å². The molecule has 1 aromatic heterocycles. The van der Waals surface area contributed by atoms with Gasteiger partial charge in [0, 0.05) is 23.8 Å². The van der Waals surface area contributed by atoms with Crippen LogP contribution in [-0.2, 0) is 4.74 Å². The van der Waals surface area contributed by atoms with Crippen molar-refractivity contribution in [2.75, 3.05) is 25.0 Å². The first-order chi connectivity index (χ1) is 7.31. The van der Waals surface area contributed by atoms with Crippen molar-refractivity contribution in [1.29, 1.82) is 0 Å². The third kappa shape index (κ3) is 2.56. The molecule has 1 amide bonds. The molecule has 1 atom stereocenters. The molecule has 0 saturated carbocycles. The van der Waals surface area contributed by atoms with Crippen molar-refractivity contribution in [3.8, 4) is 0 Å². The van der Waals surface area contributed by atoms with E-state index in [0.29, 0.717) is 25.4 Å². The highest BCUT2D eigenvalue weighted by atomic mass is 79.9. The van der Waals surface area contributed by atoms with Gasteiger partial charge in [-0.1, -0.05) is 15.9 Å². The van der Waals surface area contributed by atoms with Crippen LogP contribution in [0.4, 0.5) is 0 Å². The fraction of sp³-hybridized carbons (Fsp3) is 0.556. The summed E-state index contributed by atoms with van der Waals surface area (Å²) in [6, 6.07) is 0. The monoisotopic (exact) mass is 290 g/mol. The summed E-state index contributed by atoms with van der Waals surface area (Å²) in [6.07, 6.45) is 0.0985. The number of nitrogens with zero attached hydrogens (tertiary/aromatic N) is 2. The minimum absolute atomic E-state index is 0.00509. The van der Waals surface area contributed by atoms with Crippen LogP contribution in [-0.4, -0.2) is 46.9 Å². The molecule has 4 nitrogen and oxygen atoms in total. The van der Waals surface area contributed by atoms with E-state index in [9.17, 15) is 4.79 Å². The molecule has 0 bridgehead atoms. The maximum Gasteiger partial charge on any atom is 0.273 e. The predicted octanol–water partition coefficient (Wildman–Crippen LogP) is 1.38. The fourth-order valence-electron chi connectivity index (χ4n) is 1.48. The summed E-state index contributed by atoms with van der Waals surface area (Å²) in [5, 5.41) is 2.54. The molecule has 1 unspecified atom stereocenters. The average Bonchev–Trinajstić information content (AvgIpc) is 2.81. The molecule has 0 aromatic carbocycles. The Bertz CT molecular complexity index is 331. The molecule has 2 heterocycles. The summed E-state index contributed by atoms with van der Waals surface area (Å²) in [7, 11) is 0. The smallest absolute Gasteiger partial charge is 0.273 e. The molecule has 1 fully saturated rings. The largest absolute Gasteiger partial charge is 0.374 e. The average molecular weight is 291 g/mol. The third-order valence-electron chi connectivity index (χ3n) is 2.25. The molecule has 82 valence electrons. The molecule has 1 saturated heterocycles. The number of hydrogen-bond acceptors (Lipinski definition) is 4. The van der Waals surface area contributed by atoms with Crippen molar-refractivity contribution in [2.24, 2.45) is 0 Å². The molecule has 0 spiro atoms. The number of carbonyl (C=O) groups excluding carboxylic acids is 1. The minimum Gasteiger partial charge on any atom is -0.374 e. The van der Waals surface area contributed by atoms with E-state index in [2.05, 4.69) is 20.9 Å². The Hall–Kier alpha value is -0.460. The first-order valence-electron chi connectivity index (χ1n) is 4.66. The number of hydrogen-bond donors (Lipinski definition) is 0. The lowest BCUT2D eigenvalue weighted by Gasteiger charge is -2.31. The van der Waals surface area contributed by atoms with Gasteiger partial charge >= 0.3 is 0 Å². The standard InChI is InChI=1S/C9H11BrN2O2S/c10-3-7-4-12(1-2-14-7)9(13)8-5-15-6-11-8/h5-7H,1-4H2. The summed E-state index contributed by atoms with van der Waals surface area (Å²) >= 11 is 4.80. The summed E-state index contributed by atoms with van der Waals surface area (Å²) < 4.78 is 5.47. The number of carbonyl (C=O) groups is 1. The number of halogens is 1. The molecule has 0 radical (unpaired) electrons. The van der Waals surface area contributed by atoms with E-state index in [1.165, 1.54) is 11.3 Å². The van der Waals surface area contributed by atoms with Crippen LogP contribution >= 0.6 is 27.3 Å². The van der Waals surface area contributed by atoms with Gasteiger partial charge in [0.1, 0.15) is 5.69 Å². The van der Waals surface area contributed by atoms with E-state index in [4.69, 9.17) is 4.74 Å². The first kappa shape index (κ1) is 11.0. The number of ether oxygens (including phenoxy) is 1. The lowest BCUT2D eigenvalue weighted by Crippen LogP contribution is -2.46. The van der Waals surface area contributed by atoms with Crippen LogP contribution in [0, 0.1) is 0 Å². The maximum atomic E-state index is 11.9. The Morgan fingerprint density at radius 1 is 1.80 bits per heavy atom. The number of aromatic nitrogens is 1. The van der Waals surface area contributed by atoms with Crippen LogP contribution < -0.4 is 0 Å². The zero-order valence-electron chi connectivity index (χ0n) is 8.06. The van der Waals surface area contributed by atoms with Gasteiger partial charge < -0.3 is 9.64 Å². The molecule has 1 aromatic rings. The van der Waals surface area contributed by atoms with E-state index < -0.39 is 0 Å². The van der Waals surface area contributed by atoms with Gasteiger partial charge in [0.2, 0.25) is 0 Å². The molecule has 1 aliphatic heterocycles. The topological polar surface area (TPSA) is 42.4 Å². The van der Waals surface area contributed by atoms with E-state index in [1.54, 1.807) is 15.8 Å². The second-order valence-electron chi connectivity index (χ2n) is 3.27. The highest BCUT2D eigenvalue weighted by Gasteiger charge is 2.25. The Labute approximate surface area is 100 Å². The van der Waals surface area contributed by atoms with E-state index in [-0.39, 0.29) is 12.0 Å². The van der Waals surface area contributed by atoms with Crippen LogP contribution in [0.3, 0.4) is 0 Å². The fourth-order valence-corrected chi connectivity index (χ4v) is 2.39. The van der Waals surface area contributed by atoms with Gasteiger partial charge in [0.15, 0.2) is 0 Å². The molecule has 0 aliphatic carbocycles. The minimum atomic E-state index is 0.00509. The van der Waals surface area contributed by atoms with Gasteiger partial charge in [-0.15, -0.1) is 11.3 Å². The number of rotatable bonds is 2. The third-order valence-corrected chi connectivity index (χ3v) is 3.56. The molecule has 1 aliphatic rings. The van der Waals surface area contributed by atoms with Crippen molar-refractivity contribution in [3.05, 3.63) is 16.6 Å². The van der Waals surface area contributed by atoms with Crippen molar-refractivity contribution in [1.82, 2.24) is 9.88 Å². The number of alkyl halides is 1. The number of morpholine rings is 1. The molecule has 15 heavy (non-hydrogen) atoms. The SMILES string of the molecule is O=C(c1cscn1)N1CCOC(CBr)C1. The quantitative estimate of drug-likeness (QED) is 0.773. The lowest BCUT2D eigenvalue weighted by atomic mass is 10.3. The lowest BCUT2D eigenvalue weighted by molar-refractivity contribution is -0.00984. The Morgan fingerprint density at radius 3 is 3.33 bits per heavy atom. The zero-order valence-corrected chi connectivity index (χ0v) is 10.5. The zero-order chi connectivity index (χ0) is 10.7. The molecule has 6 heteroatoms. The summed E-state index contributed by atoms with van der Waals surface area (Å²) in [5.74, 6) is 0.00509. The van der Waals surface area contributed by atoms with Gasteiger partial charge in [-0.05, 0) is 0 Å². The highest BCUT2D eigenvalue weighted by molar-refractivity contribution is 9.09. The molecule has 0 N–H and O–H groups in total. The molecular formula is C9H11BrN2O2S. The van der Waals surface area contributed by atoms with Crippen molar-refractivity contribution >= 4 is 33.2 Å². The van der Waals surface area contributed by atoms with Gasteiger partial charge in [-0.25, -0.2) is 4.98 Å². The molecular weight excluding hydrogens is 280 g/mol. The Morgan fingerprint density at radius 2 is 2.67 bits per heavy atom. The summed E-state index contributed by atoms with van der Waals surface area (Å²) in [6.45, 7) is 1.90. The van der Waals surface area contributed by atoms with Crippen molar-refractivity contribution < 1.29 is 9.53 Å². The Kier molecular flexibility index (Phi) is 3.71. The van der Waals surface area contributed by atoms with Crippen molar-refractivity contribution in [2.45, 2.75) is 6.10 Å². The maximum absolute atomic E-state index is 11.9. The highest BCUT2D eigenvalue weighted by Crippen LogP contribution is 2.12. The van der Waals surface area contributed by atoms with E-state index in [0.717, 1.165) is 5.33 Å². The van der Waals surface area contributed by atoms with Crippen LogP contribution in [0.25, 0.3) is 0 Å². The number of thiazole rings is 1. The van der Waals surface area contributed by atoms with Crippen molar-refractivity contribution in [3.63, 3.8) is 0 Å². The second-order valence-corrected chi connectivity index (χ2v) is 4.64. The molecule has 2 rings (SSSR count). The van der Waals surface area contributed by atoms with Gasteiger partial charge in [-0.3, -0.25) is 4.79 Å². The number of amides is 1. The van der Waals surface area contributed by atoms with Crippen LogP contribution in [0.5, 0.6) is 0 Å². The summed E-state index contributed by atoms with van der Waals surface area (Å²) in [5.41, 5.74) is 2.21. The van der Waals surface area contributed by atoms with E-state index >= 15 is 0 Å². The summed E-state index contributed by atoms with van der Waals surface area (Å²) in [4.78, 5) is 17.7. The normalized spacial score (nSPS) is 21.7. The second kappa shape index (κ2) is 5.05. The van der Waals surface area contributed by atoms with E-state index in [1.807, 2.05) is 0 Å². The predicted molar refractivity (Wildman–Crippen MR) is 61.6 cm³/mol. The van der Waals surface area contributed by atoms with Gasteiger partial charge in [0.25, 0.3) is 5.91 Å². The van der Waals surface area contributed by atoms with Gasteiger partial charge in [-0.2, -0.15) is 0 Å². The van der Waals surface area contributed by atoms with Gasteiger partial charge in [0.05, 0.1) is 18.2 Å². The first-order valence-corrected chi connectivity index (χ1v) is 6.72. The Balaban J connectivity index is 2.01. The van der Waals surface area contributed by atoms with Crippen LogP contribution in [0.2, 0.25) is 0 Å².